The first kappa shape index (κ1) is 20.0. The third kappa shape index (κ3) is 5.31. The minimum atomic E-state index is -0.795. The second-order valence-electron chi connectivity index (χ2n) is 5.84. The molecule has 0 fully saturated rings. The fourth-order valence-corrected chi connectivity index (χ4v) is 2.29. The van der Waals surface area contributed by atoms with Crippen LogP contribution in [0.2, 0.25) is 0 Å². The van der Waals surface area contributed by atoms with E-state index in [-0.39, 0.29) is 16.8 Å². The van der Waals surface area contributed by atoms with Gasteiger partial charge < -0.3 is 19.5 Å². The number of hydrogen-bond donors (Lipinski definition) is 1. The van der Waals surface area contributed by atoms with Crippen molar-refractivity contribution >= 4 is 23.5 Å². The molecule has 0 aliphatic heterocycles. The summed E-state index contributed by atoms with van der Waals surface area (Å²) in [6, 6.07) is 11.5. The van der Waals surface area contributed by atoms with Gasteiger partial charge in [0.15, 0.2) is 6.10 Å². The molecule has 2 rings (SSSR count). The topological polar surface area (TPSA) is 90.9 Å². The Hall–Kier alpha value is -3.35. The van der Waals surface area contributed by atoms with E-state index in [1.165, 1.54) is 32.4 Å². The molecular formula is C20H21NO6. The lowest BCUT2D eigenvalue weighted by Gasteiger charge is -2.15. The molecule has 7 heteroatoms. The highest BCUT2D eigenvalue weighted by Crippen LogP contribution is 2.18. The Morgan fingerprint density at radius 3 is 1.89 bits per heavy atom. The third-order valence-corrected chi connectivity index (χ3v) is 3.75. The minimum Gasteiger partial charge on any atom is -0.481 e. The van der Waals surface area contributed by atoms with Crippen LogP contribution in [0.1, 0.15) is 33.2 Å². The number of benzene rings is 2. The number of rotatable bonds is 6. The van der Waals surface area contributed by atoms with E-state index in [0.717, 1.165) is 5.56 Å². The van der Waals surface area contributed by atoms with Crippen LogP contribution in [0.25, 0.3) is 0 Å². The van der Waals surface area contributed by atoms with Gasteiger partial charge in [0.2, 0.25) is 0 Å². The van der Waals surface area contributed by atoms with Gasteiger partial charge in [0.1, 0.15) is 5.75 Å². The predicted octanol–water partition coefficient (Wildman–Crippen LogP) is 2.97. The first-order chi connectivity index (χ1) is 12.8. The number of carbonyl (C=O) groups is 3. The Bertz CT molecular complexity index is 810. The predicted molar refractivity (Wildman–Crippen MR) is 99.0 cm³/mol. The number of amides is 1. The summed E-state index contributed by atoms with van der Waals surface area (Å²) >= 11 is 0. The van der Waals surface area contributed by atoms with Crippen molar-refractivity contribution in [3.63, 3.8) is 0 Å². The zero-order valence-electron chi connectivity index (χ0n) is 15.6. The summed E-state index contributed by atoms with van der Waals surface area (Å²) in [7, 11) is 2.45. The normalized spacial score (nSPS) is 11.3. The van der Waals surface area contributed by atoms with Gasteiger partial charge in [0.25, 0.3) is 5.91 Å². The molecule has 0 aromatic heterocycles. The van der Waals surface area contributed by atoms with Crippen LogP contribution in [0.15, 0.2) is 42.5 Å². The van der Waals surface area contributed by atoms with Crippen LogP contribution in [-0.4, -0.2) is 38.2 Å². The Balaban J connectivity index is 2.18. The first-order valence-corrected chi connectivity index (χ1v) is 8.20. The summed E-state index contributed by atoms with van der Waals surface area (Å²) in [6.07, 6.45) is -0.795. The van der Waals surface area contributed by atoms with Gasteiger partial charge in [-0.25, -0.2) is 9.59 Å². The second kappa shape index (κ2) is 8.84. The maximum Gasteiger partial charge on any atom is 0.337 e. The summed E-state index contributed by atoms with van der Waals surface area (Å²) in [5.74, 6) is -1.16. The number of esters is 2. The Labute approximate surface area is 157 Å². The molecule has 27 heavy (non-hydrogen) atoms. The quantitative estimate of drug-likeness (QED) is 0.785. The van der Waals surface area contributed by atoms with Crippen LogP contribution in [-0.2, 0) is 14.3 Å². The molecule has 0 heterocycles. The molecule has 0 aliphatic rings. The maximum atomic E-state index is 12.4. The minimum absolute atomic E-state index is 0.114. The number of aryl methyl sites for hydroxylation is 1. The molecule has 0 unspecified atom stereocenters. The van der Waals surface area contributed by atoms with E-state index in [2.05, 4.69) is 14.8 Å². The van der Waals surface area contributed by atoms with Crippen molar-refractivity contribution in [1.29, 1.82) is 0 Å². The van der Waals surface area contributed by atoms with Gasteiger partial charge in [0, 0.05) is 5.69 Å². The molecule has 2 aromatic rings. The largest absolute Gasteiger partial charge is 0.481 e. The monoisotopic (exact) mass is 371 g/mol. The standard InChI is InChI=1S/C20H21NO6/c1-12-5-7-17(8-6-12)27-13(2)18(22)21-16-10-14(19(23)25-3)9-15(11-16)20(24)26-4/h5-11,13H,1-4H3,(H,21,22)/t13-/m1/s1. The lowest BCUT2D eigenvalue weighted by Crippen LogP contribution is -2.30. The first-order valence-electron chi connectivity index (χ1n) is 8.20. The molecule has 7 nitrogen and oxygen atoms in total. The molecule has 0 spiro atoms. The Kier molecular flexibility index (Phi) is 6.54. The van der Waals surface area contributed by atoms with Crippen LogP contribution in [0.5, 0.6) is 5.75 Å². The smallest absolute Gasteiger partial charge is 0.337 e. The van der Waals surface area contributed by atoms with Gasteiger partial charge in [-0.1, -0.05) is 17.7 Å². The molecule has 2 aromatic carbocycles. The highest BCUT2D eigenvalue weighted by Gasteiger charge is 2.18. The number of ether oxygens (including phenoxy) is 3. The molecule has 0 saturated heterocycles. The van der Waals surface area contributed by atoms with Gasteiger partial charge in [0.05, 0.1) is 25.3 Å². The number of methoxy groups -OCH3 is 2. The molecule has 0 bridgehead atoms. The van der Waals surface area contributed by atoms with Gasteiger partial charge in [-0.3, -0.25) is 4.79 Å². The Morgan fingerprint density at radius 1 is 0.889 bits per heavy atom. The average Bonchev–Trinajstić information content (AvgIpc) is 2.67. The summed E-state index contributed by atoms with van der Waals surface area (Å²) in [5, 5.41) is 2.63. The van der Waals surface area contributed by atoms with E-state index in [9.17, 15) is 14.4 Å². The van der Waals surface area contributed by atoms with Crippen molar-refractivity contribution < 1.29 is 28.6 Å². The van der Waals surface area contributed by atoms with Crippen molar-refractivity contribution in [3.05, 3.63) is 59.2 Å². The van der Waals surface area contributed by atoms with Crippen LogP contribution < -0.4 is 10.1 Å². The van der Waals surface area contributed by atoms with Gasteiger partial charge in [-0.15, -0.1) is 0 Å². The van der Waals surface area contributed by atoms with Crippen molar-refractivity contribution in [1.82, 2.24) is 0 Å². The molecule has 0 radical (unpaired) electrons. The number of hydrogen-bond acceptors (Lipinski definition) is 6. The van der Waals surface area contributed by atoms with Crippen molar-refractivity contribution in [3.8, 4) is 5.75 Å². The lowest BCUT2D eigenvalue weighted by molar-refractivity contribution is -0.122. The molecule has 0 saturated carbocycles. The van der Waals surface area contributed by atoms with Crippen molar-refractivity contribution in [2.45, 2.75) is 20.0 Å². The summed E-state index contributed by atoms with van der Waals surface area (Å²) in [5.41, 5.74) is 1.56. The molecular weight excluding hydrogens is 350 g/mol. The Morgan fingerprint density at radius 2 is 1.41 bits per heavy atom. The van der Waals surface area contributed by atoms with Gasteiger partial charge in [-0.2, -0.15) is 0 Å². The average molecular weight is 371 g/mol. The van der Waals surface area contributed by atoms with E-state index in [0.29, 0.717) is 5.75 Å². The highest BCUT2D eigenvalue weighted by molar-refractivity contribution is 6.00. The molecule has 1 atom stereocenters. The van der Waals surface area contributed by atoms with E-state index >= 15 is 0 Å². The number of carbonyl (C=O) groups excluding carboxylic acids is 3. The van der Waals surface area contributed by atoms with Crippen LogP contribution in [0.3, 0.4) is 0 Å². The zero-order chi connectivity index (χ0) is 20.0. The number of anilines is 1. The highest BCUT2D eigenvalue weighted by atomic mass is 16.5. The summed E-state index contributed by atoms with van der Waals surface area (Å²) in [6.45, 7) is 3.55. The summed E-state index contributed by atoms with van der Waals surface area (Å²) in [4.78, 5) is 36.0. The molecule has 142 valence electrons. The van der Waals surface area contributed by atoms with Crippen LogP contribution in [0.4, 0.5) is 5.69 Å². The molecule has 1 N–H and O–H groups in total. The molecule has 1 amide bonds. The maximum absolute atomic E-state index is 12.4. The van der Waals surface area contributed by atoms with Crippen molar-refractivity contribution in [2.75, 3.05) is 19.5 Å². The zero-order valence-corrected chi connectivity index (χ0v) is 15.6. The molecule has 0 aliphatic carbocycles. The third-order valence-electron chi connectivity index (χ3n) is 3.75. The van der Waals surface area contributed by atoms with E-state index < -0.39 is 23.9 Å². The number of nitrogens with one attached hydrogen (secondary N) is 1. The van der Waals surface area contributed by atoms with Crippen LogP contribution in [0, 0.1) is 6.92 Å². The second-order valence-corrected chi connectivity index (χ2v) is 5.84. The van der Waals surface area contributed by atoms with Gasteiger partial charge in [-0.05, 0) is 44.2 Å². The van der Waals surface area contributed by atoms with E-state index in [1.807, 2.05) is 19.1 Å². The lowest BCUT2D eigenvalue weighted by atomic mass is 10.1. The SMILES string of the molecule is COC(=O)c1cc(NC(=O)[C@@H](C)Oc2ccc(C)cc2)cc(C(=O)OC)c1. The van der Waals surface area contributed by atoms with Gasteiger partial charge >= 0.3 is 11.9 Å². The van der Waals surface area contributed by atoms with Crippen LogP contribution >= 0.6 is 0 Å². The summed E-state index contributed by atoms with van der Waals surface area (Å²) < 4.78 is 15.0. The van der Waals surface area contributed by atoms with E-state index in [1.54, 1.807) is 19.1 Å². The van der Waals surface area contributed by atoms with Crippen molar-refractivity contribution in [2.24, 2.45) is 0 Å². The van der Waals surface area contributed by atoms with E-state index in [4.69, 9.17) is 4.74 Å². The fraction of sp³-hybridized carbons (Fsp3) is 0.250. The fourth-order valence-electron chi connectivity index (χ4n) is 2.29.